The summed E-state index contributed by atoms with van der Waals surface area (Å²) in [6, 6.07) is 4.76. The minimum atomic E-state index is -0.281. The van der Waals surface area contributed by atoms with Crippen molar-refractivity contribution in [1.29, 1.82) is 0 Å². The van der Waals surface area contributed by atoms with Crippen LogP contribution in [-0.2, 0) is 9.53 Å². The molecule has 0 spiro atoms. The van der Waals surface area contributed by atoms with E-state index in [-0.39, 0.29) is 17.5 Å². The largest absolute Gasteiger partial charge is 0.468 e. The summed E-state index contributed by atoms with van der Waals surface area (Å²) in [6.45, 7) is 1.69. The number of halogens is 1. The molecule has 0 fully saturated rings. The molecular formula is C10H11FO2S. The van der Waals surface area contributed by atoms with Crippen molar-refractivity contribution < 1.29 is 13.9 Å². The Labute approximate surface area is 86.5 Å². The van der Waals surface area contributed by atoms with Crippen molar-refractivity contribution in [1.82, 2.24) is 0 Å². The SMILES string of the molecule is COC(=O)CSc1ccc(F)c(C)c1. The lowest BCUT2D eigenvalue weighted by atomic mass is 10.2. The molecule has 0 amide bonds. The molecule has 0 aliphatic carbocycles. The van der Waals surface area contributed by atoms with E-state index in [0.717, 1.165) is 4.90 Å². The van der Waals surface area contributed by atoms with Crippen LogP contribution in [0.4, 0.5) is 4.39 Å². The average Bonchev–Trinajstić information content (AvgIpc) is 2.19. The number of carbonyl (C=O) groups is 1. The highest BCUT2D eigenvalue weighted by atomic mass is 32.2. The second-order valence-electron chi connectivity index (χ2n) is 2.78. The van der Waals surface area contributed by atoms with E-state index in [9.17, 15) is 9.18 Å². The van der Waals surface area contributed by atoms with Crippen LogP contribution in [-0.4, -0.2) is 18.8 Å². The van der Waals surface area contributed by atoms with Gasteiger partial charge < -0.3 is 4.74 Å². The van der Waals surface area contributed by atoms with Gasteiger partial charge in [0.25, 0.3) is 0 Å². The van der Waals surface area contributed by atoms with E-state index in [4.69, 9.17) is 0 Å². The highest BCUT2D eigenvalue weighted by Crippen LogP contribution is 2.20. The number of benzene rings is 1. The van der Waals surface area contributed by atoms with Gasteiger partial charge >= 0.3 is 5.97 Å². The van der Waals surface area contributed by atoms with Gasteiger partial charge in [-0.25, -0.2) is 4.39 Å². The molecular weight excluding hydrogens is 203 g/mol. The predicted octanol–water partition coefficient (Wildman–Crippen LogP) is 2.40. The lowest BCUT2D eigenvalue weighted by molar-refractivity contribution is -0.137. The first kappa shape index (κ1) is 11.0. The van der Waals surface area contributed by atoms with Gasteiger partial charge in [-0.1, -0.05) is 0 Å². The van der Waals surface area contributed by atoms with E-state index in [1.54, 1.807) is 19.1 Å². The molecule has 0 N–H and O–H groups in total. The van der Waals surface area contributed by atoms with Gasteiger partial charge in [0.05, 0.1) is 12.9 Å². The van der Waals surface area contributed by atoms with Gasteiger partial charge in [-0.15, -0.1) is 11.8 Å². The zero-order valence-electron chi connectivity index (χ0n) is 8.04. The van der Waals surface area contributed by atoms with Crippen molar-refractivity contribution in [2.75, 3.05) is 12.9 Å². The van der Waals surface area contributed by atoms with Crippen LogP contribution < -0.4 is 0 Å². The maximum Gasteiger partial charge on any atom is 0.315 e. The van der Waals surface area contributed by atoms with Gasteiger partial charge in [-0.3, -0.25) is 4.79 Å². The maximum atomic E-state index is 12.9. The molecule has 0 bridgehead atoms. The smallest absolute Gasteiger partial charge is 0.315 e. The van der Waals surface area contributed by atoms with Crippen LogP contribution in [0.3, 0.4) is 0 Å². The number of esters is 1. The summed E-state index contributed by atoms with van der Waals surface area (Å²) >= 11 is 1.33. The molecule has 2 nitrogen and oxygen atoms in total. The van der Waals surface area contributed by atoms with E-state index in [1.807, 2.05) is 0 Å². The fourth-order valence-corrected chi connectivity index (χ4v) is 1.73. The average molecular weight is 214 g/mol. The molecule has 1 rings (SSSR count). The molecule has 0 heterocycles. The number of thioether (sulfide) groups is 1. The Morgan fingerprint density at radius 3 is 2.86 bits per heavy atom. The lowest BCUT2D eigenvalue weighted by Crippen LogP contribution is -2.02. The number of aryl methyl sites for hydroxylation is 1. The minimum Gasteiger partial charge on any atom is -0.468 e. The van der Waals surface area contributed by atoms with E-state index in [1.165, 1.54) is 24.9 Å². The van der Waals surface area contributed by atoms with E-state index >= 15 is 0 Å². The van der Waals surface area contributed by atoms with Crippen LogP contribution in [0.2, 0.25) is 0 Å². The Morgan fingerprint density at radius 1 is 1.57 bits per heavy atom. The fraction of sp³-hybridized carbons (Fsp3) is 0.300. The molecule has 1 aromatic carbocycles. The normalized spacial score (nSPS) is 9.93. The summed E-state index contributed by atoms with van der Waals surface area (Å²) < 4.78 is 17.4. The second kappa shape index (κ2) is 5.00. The number of rotatable bonds is 3. The van der Waals surface area contributed by atoms with Gasteiger partial charge in [-0.05, 0) is 30.7 Å². The molecule has 0 aliphatic heterocycles. The molecule has 14 heavy (non-hydrogen) atoms. The highest BCUT2D eigenvalue weighted by molar-refractivity contribution is 8.00. The van der Waals surface area contributed by atoms with Crippen molar-refractivity contribution in [3.63, 3.8) is 0 Å². The summed E-state index contributed by atoms with van der Waals surface area (Å²) in [7, 11) is 1.35. The first-order valence-corrected chi connectivity index (χ1v) is 5.08. The summed E-state index contributed by atoms with van der Waals surface area (Å²) in [6.07, 6.45) is 0. The Bertz CT molecular complexity index is 339. The Morgan fingerprint density at radius 2 is 2.29 bits per heavy atom. The third-order valence-electron chi connectivity index (χ3n) is 1.71. The van der Waals surface area contributed by atoms with Crippen LogP contribution >= 0.6 is 11.8 Å². The fourth-order valence-electron chi connectivity index (χ4n) is 0.908. The van der Waals surface area contributed by atoms with E-state index in [2.05, 4.69) is 4.74 Å². The van der Waals surface area contributed by atoms with Crippen molar-refractivity contribution in [2.45, 2.75) is 11.8 Å². The van der Waals surface area contributed by atoms with Gasteiger partial charge in [0.1, 0.15) is 5.82 Å². The number of carbonyl (C=O) groups excluding carboxylic acids is 1. The zero-order valence-corrected chi connectivity index (χ0v) is 8.86. The third-order valence-corrected chi connectivity index (χ3v) is 2.68. The molecule has 4 heteroatoms. The molecule has 0 aromatic heterocycles. The number of methoxy groups -OCH3 is 1. The molecule has 0 atom stereocenters. The van der Waals surface area contributed by atoms with E-state index < -0.39 is 0 Å². The summed E-state index contributed by atoms with van der Waals surface area (Å²) in [5.41, 5.74) is 0.583. The number of hydrogen-bond donors (Lipinski definition) is 0. The first-order valence-electron chi connectivity index (χ1n) is 4.09. The molecule has 1 aromatic rings. The van der Waals surface area contributed by atoms with Gasteiger partial charge in [-0.2, -0.15) is 0 Å². The van der Waals surface area contributed by atoms with Gasteiger partial charge in [0, 0.05) is 4.90 Å². The third kappa shape index (κ3) is 3.03. The lowest BCUT2D eigenvalue weighted by Gasteiger charge is -2.02. The summed E-state index contributed by atoms with van der Waals surface area (Å²) in [5, 5.41) is 0. The van der Waals surface area contributed by atoms with Crippen LogP contribution in [0.25, 0.3) is 0 Å². The van der Waals surface area contributed by atoms with Crippen molar-refractivity contribution >= 4 is 17.7 Å². The minimum absolute atomic E-state index is 0.229. The van der Waals surface area contributed by atoms with Crippen molar-refractivity contribution in [3.8, 4) is 0 Å². The van der Waals surface area contributed by atoms with Crippen LogP contribution in [0.15, 0.2) is 23.1 Å². The van der Waals surface area contributed by atoms with Gasteiger partial charge in [0.15, 0.2) is 0 Å². The predicted molar refractivity (Wildman–Crippen MR) is 53.9 cm³/mol. The molecule has 76 valence electrons. The van der Waals surface area contributed by atoms with Crippen LogP contribution in [0.5, 0.6) is 0 Å². The molecule has 0 saturated heterocycles. The number of hydrogen-bond acceptors (Lipinski definition) is 3. The Kier molecular flexibility index (Phi) is 3.95. The van der Waals surface area contributed by atoms with Crippen molar-refractivity contribution in [2.24, 2.45) is 0 Å². The Balaban J connectivity index is 2.60. The molecule has 0 aliphatic rings. The van der Waals surface area contributed by atoms with Crippen LogP contribution in [0.1, 0.15) is 5.56 Å². The monoisotopic (exact) mass is 214 g/mol. The maximum absolute atomic E-state index is 12.9. The molecule has 0 unspecified atom stereocenters. The summed E-state index contributed by atoms with van der Waals surface area (Å²) in [4.78, 5) is 11.7. The van der Waals surface area contributed by atoms with Crippen molar-refractivity contribution in [3.05, 3.63) is 29.6 Å². The highest BCUT2D eigenvalue weighted by Gasteiger charge is 2.03. The number of ether oxygens (including phenoxy) is 1. The topological polar surface area (TPSA) is 26.3 Å². The molecule has 0 radical (unpaired) electrons. The quantitative estimate of drug-likeness (QED) is 0.571. The molecule has 0 saturated carbocycles. The summed E-state index contributed by atoms with van der Waals surface area (Å²) in [5.74, 6) is -0.258. The van der Waals surface area contributed by atoms with Gasteiger partial charge in [0.2, 0.25) is 0 Å². The van der Waals surface area contributed by atoms with Crippen LogP contribution in [0, 0.1) is 12.7 Å². The Hall–Kier alpha value is -1.03. The first-order chi connectivity index (χ1) is 6.63. The standard InChI is InChI=1S/C10H11FO2S/c1-7-5-8(3-4-9(7)11)14-6-10(12)13-2/h3-5H,6H2,1-2H3. The zero-order chi connectivity index (χ0) is 10.6. The second-order valence-corrected chi connectivity index (χ2v) is 3.82. The van der Waals surface area contributed by atoms with E-state index in [0.29, 0.717) is 5.56 Å².